The SMILES string of the molecule is CC1CC23O[C@]1(C)[C@@H](C(=O)NCc1ccccc1)[C@H]2C(=O)N(CCCCO)C3C(=O)Nc1ccc2ccccc2c1. The molecule has 3 heterocycles. The van der Waals surface area contributed by atoms with Gasteiger partial charge in [0.25, 0.3) is 0 Å². The molecule has 41 heavy (non-hydrogen) atoms. The average molecular weight is 556 g/mol. The van der Waals surface area contributed by atoms with E-state index in [1.165, 1.54) is 0 Å². The number of likely N-dealkylation sites (tertiary alicyclic amines) is 1. The number of carbonyl (C=O) groups is 3. The zero-order chi connectivity index (χ0) is 28.8. The van der Waals surface area contributed by atoms with Crippen LogP contribution in [0.5, 0.6) is 0 Å². The van der Waals surface area contributed by atoms with Crippen molar-refractivity contribution in [3.05, 3.63) is 78.4 Å². The minimum Gasteiger partial charge on any atom is -0.396 e. The van der Waals surface area contributed by atoms with Gasteiger partial charge in [-0.2, -0.15) is 0 Å². The van der Waals surface area contributed by atoms with Crippen LogP contribution in [0.4, 0.5) is 5.69 Å². The molecule has 1 spiro atoms. The third-order valence-electron chi connectivity index (χ3n) is 9.48. The molecule has 3 aromatic carbocycles. The predicted octanol–water partition coefficient (Wildman–Crippen LogP) is 3.88. The summed E-state index contributed by atoms with van der Waals surface area (Å²) in [7, 11) is 0. The molecule has 3 amide bonds. The lowest BCUT2D eigenvalue weighted by molar-refractivity contribution is -0.146. The molecule has 0 aromatic heterocycles. The van der Waals surface area contributed by atoms with Gasteiger partial charge in [-0.1, -0.05) is 67.6 Å². The Morgan fingerprint density at radius 1 is 1.00 bits per heavy atom. The van der Waals surface area contributed by atoms with Crippen molar-refractivity contribution in [3.8, 4) is 0 Å². The summed E-state index contributed by atoms with van der Waals surface area (Å²) in [5, 5.41) is 17.6. The zero-order valence-corrected chi connectivity index (χ0v) is 23.5. The zero-order valence-electron chi connectivity index (χ0n) is 23.5. The number of aliphatic hydroxyl groups is 1. The molecule has 214 valence electrons. The van der Waals surface area contributed by atoms with E-state index < -0.39 is 29.1 Å². The Hall–Kier alpha value is -3.75. The molecule has 6 rings (SSSR count). The second kappa shape index (κ2) is 10.6. The number of aliphatic hydroxyl groups excluding tert-OH is 1. The van der Waals surface area contributed by atoms with E-state index in [0.29, 0.717) is 38.0 Å². The highest BCUT2D eigenvalue weighted by molar-refractivity contribution is 6.04. The summed E-state index contributed by atoms with van der Waals surface area (Å²) in [6.07, 6.45) is 1.56. The summed E-state index contributed by atoms with van der Waals surface area (Å²) in [4.78, 5) is 43.7. The Bertz CT molecular complexity index is 1480. The summed E-state index contributed by atoms with van der Waals surface area (Å²) in [6.45, 7) is 4.61. The van der Waals surface area contributed by atoms with E-state index in [1.54, 1.807) is 4.90 Å². The lowest BCUT2D eigenvalue weighted by Gasteiger charge is -2.36. The van der Waals surface area contributed by atoms with Crippen molar-refractivity contribution < 1.29 is 24.2 Å². The van der Waals surface area contributed by atoms with Gasteiger partial charge in [0, 0.05) is 25.4 Å². The number of benzene rings is 3. The van der Waals surface area contributed by atoms with E-state index in [9.17, 15) is 19.5 Å². The van der Waals surface area contributed by atoms with Gasteiger partial charge in [0.1, 0.15) is 11.6 Å². The first-order valence-electron chi connectivity index (χ1n) is 14.5. The van der Waals surface area contributed by atoms with Crippen molar-refractivity contribution in [2.75, 3.05) is 18.5 Å². The Morgan fingerprint density at radius 3 is 2.49 bits per heavy atom. The number of rotatable bonds is 9. The highest BCUT2D eigenvalue weighted by atomic mass is 16.5. The Labute approximate surface area is 240 Å². The van der Waals surface area contributed by atoms with Gasteiger partial charge in [0.2, 0.25) is 17.7 Å². The number of anilines is 1. The Kier molecular flexibility index (Phi) is 7.08. The van der Waals surface area contributed by atoms with E-state index >= 15 is 0 Å². The monoisotopic (exact) mass is 555 g/mol. The summed E-state index contributed by atoms with van der Waals surface area (Å²) < 4.78 is 6.78. The fraction of sp³-hybridized carbons (Fsp3) is 0.424. The van der Waals surface area contributed by atoms with Crippen molar-refractivity contribution in [1.29, 1.82) is 0 Å². The first-order valence-corrected chi connectivity index (χ1v) is 14.5. The molecule has 8 heteroatoms. The van der Waals surface area contributed by atoms with Crippen LogP contribution in [0.3, 0.4) is 0 Å². The number of fused-ring (bicyclic) bond motifs is 2. The average Bonchev–Trinajstić information content (AvgIpc) is 3.48. The first kappa shape index (κ1) is 27.4. The molecule has 0 aliphatic carbocycles. The second-order valence-electron chi connectivity index (χ2n) is 11.9. The maximum Gasteiger partial charge on any atom is 0.250 e. The molecule has 3 fully saturated rings. The Balaban J connectivity index is 1.32. The standard InChI is InChI=1S/C33H37N3O5/c1-21-19-33-27(26(32(21,2)41-33)29(38)34-20-22-10-4-3-5-11-22)31(40)36(16-8-9-17-37)28(33)30(39)35-25-15-14-23-12-6-7-13-24(23)18-25/h3-7,10-15,18,21,26-28,37H,8-9,16-17,19-20H2,1-2H3,(H,34,38)(H,35,39)/t21?,26-,27+,28?,32+,33?/m1/s1. The molecule has 3 N–H and O–H groups in total. The summed E-state index contributed by atoms with van der Waals surface area (Å²) in [6, 6.07) is 22.4. The molecule has 3 aliphatic heterocycles. The van der Waals surface area contributed by atoms with E-state index in [1.807, 2.05) is 86.6 Å². The maximum absolute atomic E-state index is 14.2. The number of nitrogens with one attached hydrogen (secondary N) is 2. The molecule has 3 aromatic rings. The minimum absolute atomic E-state index is 0.000671. The van der Waals surface area contributed by atoms with E-state index in [0.717, 1.165) is 16.3 Å². The number of nitrogens with zero attached hydrogens (tertiary/aromatic N) is 1. The van der Waals surface area contributed by atoms with Gasteiger partial charge in [-0.25, -0.2) is 0 Å². The van der Waals surface area contributed by atoms with Gasteiger partial charge in [-0.3, -0.25) is 14.4 Å². The molecular weight excluding hydrogens is 518 g/mol. The van der Waals surface area contributed by atoms with Crippen LogP contribution in [0, 0.1) is 17.8 Å². The Morgan fingerprint density at radius 2 is 1.73 bits per heavy atom. The number of hydrogen-bond donors (Lipinski definition) is 3. The largest absolute Gasteiger partial charge is 0.396 e. The fourth-order valence-electron chi connectivity index (χ4n) is 7.45. The second-order valence-corrected chi connectivity index (χ2v) is 11.9. The van der Waals surface area contributed by atoms with Gasteiger partial charge in [-0.05, 0) is 60.6 Å². The van der Waals surface area contributed by atoms with Crippen LogP contribution in [0.2, 0.25) is 0 Å². The van der Waals surface area contributed by atoms with E-state index in [2.05, 4.69) is 10.6 Å². The number of unbranched alkanes of at least 4 members (excludes halogenated alkanes) is 1. The van der Waals surface area contributed by atoms with Crippen LogP contribution in [-0.2, 0) is 25.7 Å². The molecular formula is C33H37N3O5. The molecule has 0 radical (unpaired) electrons. The van der Waals surface area contributed by atoms with Crippen molar-refractivity contribution >= 4 is 34.2 Å². The van der Waals surface area contributed by atoms with Crippen LogP contribution >= 0.6 is 0 Å². The van der Waals surface area contributed by atoms with Crippen LogP contribution in [0.25, 0.3) is 10.8 Å². The van der Waals surface area contributed by atoms with Gasteiger partial charge < -0.3 is 25.4 Å². The van der Waals surface area contributed by atoms with Crippen molar-refractivity contribution in [1.82, 2.24) is 10.2 Å². The number of hydrogen-bond acceptors (Lipinski definition) is 5. The molecule has 3 saturated heterocycles. The van der Waals surface area contributed by atoms with Gasteiger partial charge in [0.05, 0.1) is 17.4 Å². The van der Waals surface area contributed by atoms with Crippen molar-refractivity contribution in [3.63, 3.8) is 0 Å². The first-order chi connectivity index (χ1) is 19.8. The number of carbonyl (C=O) groups excluding carboxylic acids is 3. The van der Waals surface area contributed by atoms with Gasteiger partial charge in [0.15, 0.2) is 0 Å². The van der Waals surface area contributed by atoms with Crippen molar-refractivity contribution in [2.45, 2.75) is 56.9 Å². The molecule has 2 bridgehead atoms. The normalized spacial score (nSPS) is 30.0. The molecule has 6 atom stereocenters. The van der Waals surface area contributed by atoms with E-state index in [4.69, 9.17) is 4.74 Å². The summed E-state index contributed by atoms with van der Waals surface area (Å²) in [5.41, 5.74) is -0.381. The van der Waals surface area contributed by atoms with Crippen LogP contribution in [0.15, 0.2) is 72.8 Å². The van der Waals surface area contributed by atoms with Crippen LogP contribution < -0.4 is 10.6 Å². The molecule has 3 aliphatic rings. The maximum atomic E-state index is 14.2. The van der Waals surface area contributed by atoms with Crippen LogP contribution in [-0.4, -0.2) is 58.1 Å². The number of ether oxygens (including phenoxy) is 1. The number of amides is 3. The third-order valence-corrected chi connectivity index (χ3v) is 9.48. The van der Waals surface area contributed by atoms with Crippen molar-refractivity contribution in [2.24, 2.45) is 17.8 Å². The van der Waals surface area contributed by atoms with Gasteiger partial charge >= 0.3 is 0 Å². The smallest absolute Gasteiger partial charge is 0.250 e. The summed E-state index contributed by atoms with van der Waals surface area (Å²) in [5.74, 6) is -2.29. The van der Waals surface area contributed by atoms with Gasteiger partial charge in [-0.15, -0.1) is 0 Å². The topological polar surface area (TPSA) is 108 Å². The quantitative estimate of drug-likeness (QED) is 0.348. The molecule has 0 saturated carbocycles. The van der Waals surface area contributed by atoms with Crippen LogP contribution in [0.1, 0.15) is 38.7 Å². The highest BCUT2D eigenvalue weighted by Crippen LogP contribution is 2.65. The lowest BCUT2D eigenvalue weighted by atomic mass is 9.62. The summed E-state index contributed by atoms with van der Waals surface area (Å²) >= 11 is 0. The molecule has 8 nitrogen and oxygen atoms in total. The lowest BCUT2D eigenvalue weighted by Crippen LogP contribution is -2.54. The predicted molar refractivity (Wildman–Crippen MR) is 156 cm³/mol. The fourth-order valence-corrected chi connectivity index (χ4v) is 7.45. The van der Waals surface area contributed by atoms with E-state index in [-0.39, 0.29) is 30.2 Å². The highest BCUT2D eigenvalue weighted by Gasteiger charge is 2.79. The molecule has 3 unspecified atom stereocenters. The minimum atomic E-state index is -1.11. The third kappa shape index (κ3) is 4.50.